The first-order valence-electron chi connectivity index (χ1n) is 3.34. The third-order valence-electron chi connectivity index (χ3n) is 1.56. The summed E-state index contributed by atoms with van der Waals surface area (Å²) < 4.78 is 5.16. The summed E-state index contributed by atoms with van der Waals surface area (Å²) in [5.41, 5.74) is 7.27. The van der Waals surface area contributed by atoms with Crippen molar-refractivity contribution in [3.8, 4) is 11.3 Å². The van der Waals surface area contributed by atoms with Crippen LogP contribution in [0.3, 0.4) is 0 Å². The third-order valence-corrected chi connectivity index (χ3v) is 1.56. The summed E-state index contributed by atoms with van der Waals surface area (Å²) >= 11 is 0. The second-order valence-corrected chi connectivity index (χ2v) is 2.30. The second kappa shape index (κ2) is 2.20. The highest BCUT2D eigenvalue weighted by molar-refractivity contribution is 5.70. The summed E-state index contributed by atoms with van der Waals surface area (Å²) in [4.78, 5) is 2.93. The zero-order valence-electron chi connectivity index (χ0n) is 5.87. The van der Waals surface area contributed by atoms with E-state index in [0.29, 0.717) is 5.69 Å². The van der Waals surface area contributed by atoms with Gasteiger partial charge in [0.1, 0.15) is 0 Å². The van der Waals surface area contributed by atoms with E-state index in [2.05, 4.69) is 4.98 Å². The van der Waals surface area contributed by atoms with Gasteiger partial charge in [0, 0.05) is 24.0 Å². The SMILES string of the molecule is Nc1ccoc1-c1cc[nH]c1. The Morgan fingerprint density at radius 1 is 1.36 bits per heavy atom. The Morgan fingerprint density at radius 2 is 2.27 bits per heavy atom. The van der Waals surface area contributed by atoms with E-state index in [9.17, 15) is 0 Å². The smallest absolute Gasteiger partial charge is 0.158 e. The Morgan fingerprint density at radius 3 is 2.82 bits per heavy atom. The minimum absolute atomic E-state index is 0.671. The molecule has 0 unspecified atom stereocenters. The molecular formula is C8H8N2O. The molecule has 0 aromatic carbocycles. The van der Waals surface area contributed by atoms with Crippen molar-refractivity contribution in [3.05, 3.63) is 30.8 Å². The van der Waals surface area contributed by atoms with Crippen LogP contribution in [0.1, 0.15) is 0 Å². The Kier molecular flexibility index (Phi) is 1.22. The molecule has 3 nitrogen and oxygen atoms in total. The lowest BCUT2D eigenvalue weighted by molar-refractivity contribution is 0.583. The van der Waals surface area contributed by atoms with Crippen LogP contribution in [-0.4, -0.2) is 4.98 Å². The van der Waals surface area contributed by atoms with Gasteiger partial charge in [-0.1, -0.05) is 0 Å². The molecule has 3 N–H and O–H groups in total. The Hall–Kier alpha value is -1.64. The molecule has 0 aliphatic heterocycles. The minimum Gasteiger partial charge on any atom is -0.462 e. The largest absolute Gasteiger partial charge is 0.462 e. The molecule has 0 fully saturated rings. The molecule has 0 spiro atoms. The summed E-state index contributed by atoms with van der Waals surface area (Å²) in [5.74, 6) is 0.728. The van der Waals surface area contributed by atoms with Crippen molar-refractivity contribution in [2.24, 2.45) is 0 Å². The molecule has 2 aromatic rings. The molecule has 0 aliphatic rings. The second-order valence-electron chi connectivity index (χ2n) is 2.30. The lowest BCUT2D eigenvalue weighted by atomic mass is 10.2. The highest BCUT2D eigenvalue weighted by atomic mass is 16.3. The molecule has 0 radical (unpaired) electrons. The van der Waals surface area contributed by atoms with Gasteiger partial charge in [0.05, 0.1) is 12.0 Å². The van der Waals surface area contributed by atoms with Crippen LogP contribution >= 0.6 is 0 Å². The highest BCUT2D eigenvalue weighted by Crippen LogP contribution is 2.25. The van der Waals surface area contributed by atoms with E-state index in [1.165, 1.54) is 0 Å². The highest BCUT2D eigenvalue weighted by Gasteiger charge is 2.04. The van der Waals surface area contributed by atoms with E-state index >= 15 is 0 Å². The standard InChI is InChI=1S/C8H8N2O/c9-7-2-4-11-8(7)6-1-3-10-5-6/h1-5,10H,9H2. The fourth-order valence-corrected chi connectivity index (χ4v) is 1.02. The predicted molar refractivity (Wildman–Crippen MR) is 42.9 cm³/mol. The Bertz CT molecular complexity index is 335. The first-order chi connectivity index (χ1) is 5.38. The topological polar surface area (TPSA) is 54.9 Å². The molecule has 0 atom stereocenters. The Balaban J connectivity index is 2.53. The average molecular weight is 148 g/mol. The van der Waals surface area contributed by atoms with Gasteiger partial charge in [0.2, 0.25) is 0 Å². The van der Waals surface area contributed by atoms with Crippen molar-refractivity contribution in [1.29, 1.82) is 0 Å². The van der Waals surface area contributed by atoms with Crippen LogP contribution in [0.25, 0.3) is 11.3 Å². The third kappa shape index (κ3) is 0.902. The number of rotatable bonds is 1. The molecule has 11 heavy (non-hydrogen) atoms. The number of nitrogens with two attached hydrogens (primary N) is 1. The maximum Gasteiger partial charge on any atom is 0.158 e. The van der Waals surface area contributed by atoms with Crippen LogP contribution in [0.4, 0.5) is 5.69 Å². The van der Waals surface area contributed by atoms with Gasteiger partial charge in [-0.25, -0.2) is 0 Å². The van der Waals surface area contributed by atoms with E-state index in [-0.39, 0.29) is 0 Å². The van der Waals surface area contributed by atoms with E-state index < -0.39 is 0 Å². The quantitative estimate of drug-likeness (QED) is 0.648. The summed E-state index contributed by atoms with van der Waals surface area (Å²) in [7, 11) is 0. The molecule has 2 aromatic heterocycles. The normalized spacial score (nSPS) is 10.2. The number of nitrogen functional groups attached to an aromatic ring is 1. The summed E-state index contributed by atoms with van der Waals surface area (Å²) in [6, 6.07) is 3.65. The van der Waals surface area contributed by atoms with E-state index in [1.807, 2.05) is 18.5 Å². The van der Waals surface area contributed by atoms with E-state index in [4.69, 9.17) is 10.2 Å². The van der Waals surface area contributed by atoms with E-state index in [1.54, 1.807) is 12.3 Å². The molecule has 56 valence electrons. The molecule has 0 aliphatic carbocycles. The van der Waals surface area contributed by atoms with Gasteiger partial charge < -0.3 is 15.1 Å². The number of furan rings is 1. The number of hydrogen-bond acceptors (Lipinski definition) is 2. The van der Waals surface area contributed by atoms with Crippen molar-refractivity contribution >= 4 is 5.69 Å². The minimum atomic E-state index is 0.671. The van der Waals surface area contributed by atoms with Gasteiger partial charge in [-0.2, -0.15) is 0 Å². The van der Waals surface area contributed by atoms with E-state index in [0.717, 1.165) is 11.3 Å². The van der Waals surface area contributed by atoms with Crippen molar-refractivity contribution < 1.29 is 4.42 Å². The van der Waals surface area contributed by atoms with Gasteiger partial charge in [-0.15, -0.1) is 0 Å². The van der Waals surface area contributed by atoms with Crippen LogP contribution in [0.2, 0.25) is 0 Å². The van der Waals surface area contributed by atoms with Crippen molar-refractivity contribution in [2.75, 3.05) is 5.73 Å². The molecular weight excluding hydrogens is 140 g/mol. The molecule has 3 heteroatoms. The van der Waals surface area contributed by atoms with Gasteiger partial charge in [-0.3, -0.25) is 0 Å². The number of hydrogen-bond donors (Lipinski definition) is 2. The number of aromatic amines is 1. The molecule has 0 saturated carbocycles. The van der Waals surface area contributed by atoms with Gasteiger partial charge in [0.15, 0.2) is 5.76 Å². The lowest BCUT2D eigenvalue weighted by Gasteiger charge is -1.90. The fraction of sp³-hybridized carbons (Fsp3) is 0. The van der Waals surface area contributed by atoms with Crippen LogP contribution in [0, 0.1) is 0 Å². The van der Waals surface area contributed by atoms with Crippen molar-refractivity contribution in [3.63, 3.8) is 0 Å². The number of aromatic nitrogens is 1. The molecule has 2 heterocycles. The lowest BCUT2D eigenvalue weighted by Crippen LogP contribution is -1.82. The van der Waals surface area contributed by atoms with Crippen LogP contribution in [0.5, 0.6) is 0 Å². The summed E-state index contributed by atoms with van der Waals surface area (Å²) in [6.07, 6.45) is 5.25. The average Bonchev–Trinajstić information content (AvgIpc) is 2.55. The zero-order valence-corrected chi connectivity index (χ0v) is 5.87. The van der Waals surface area contributed by atoms with Gasteiger partial charge in [0.25, 0.3) is 0 Å². The van der Waals surface area contributed by atoms with Crippen molar-refractivity contribution in [1.82, 2.24) is 4.98 Å². The van der Waals surface area contributed by atoms with Gasteiger partial charge >= 0.3 is 0 Å². The molecule has 0 bridgehead atoms. The van der Waals surface area contributed by atoms with Crippen LogP contribution in [0.15, 0.2) is 35.2 Å². The molecule has 0 saturated heterocycles. The maximum absolute atomic E-state index is 5.62. The predicted octanol–water partition coefficient (Wildman–Crippen LogP) is 1.86. The summed E-state index contributed by atoms with van der Waals surface area (Å²) in [6.45, 7) is 0. The monoisotopic (exact) mass is 148 g/mol. The molecule has 0 amide bonds. The molecule has 2 rings (SSSR count). The number of nitrogens with one attached hydrogen (secondary N) is 1. The first kappa shape index (κ1) is 6.09. The number of anilines is 1. The summed E-state index contributed by atoms with van der Waals surface area (Å²) in [5, 5.41) is 0. The maximum atomic E-state index is 5.62. The Labute approximate surface area is 63.8 Å². The number of H-pyrrole nitrogens is 1. The van der Waals surface area contributed by atoms with Crippen LogP contribution < -0.4 is 5.73 Å². The van der Waals surface area contributed by atoms with Gasteiger partial charge in [-0.05, 0) is 6.07 Å². The van der Waals surface area contributed by atoms with Crippen molar-refractivity contribution in [2.45, 2.75) is 0 Å². The first-order valence-corrected chi connectivity index (χ1v) is 3.34. The fourth-order valence-electron chi connectivity index (χ4n) is 1.02. The van der Waals surface area contributed by atoms with Crippen LogP contribution in [-0.2, 0) is 0 Å². The zero-order chi connectivity index (χ0) is 7.68.